The maximum Gasteiger partial charge on any atom is 0.309 e. The van der Waals surface area contributed by atoms with E-state index in [1.54, 1.807) is 0 Å². The summed E-state index contributed by atoms with van der Waals surface area (Å²) in [5, 5.41) is 18.2. The van der Waals surface area contributed by atoms with Crippen molar-refractivity contribution in [2.45, 2.75) is 25.9 Å². The summed E-state index contributed by atoms with van der Waals surface area (Å²) in [7, 11) is 1.52. The summed E-state index contributed by atoms with van der Waals surface area (Å²) >= 11 is 0. The molecule has 0 rings (SSSR count). The maximum atomic E-state index is 10.5. The molecule has 12 heavy (non-hydrogen) atoms. The first kappa shape index (κ1) is 11.4. The third-order valence-corrected chi connectivity index (χ3v) is 2.12. The number of carbonyl (C=O) groups is 1. The van der Waals surface area contributed by atoms with Gasteiger partial charge in [-0.15, -0.1) is 0 Å². The van der Waals surface area contributed by atoms with Gasteiger partial charge in [0.05, 0.1) is 11.5 Å². The van der Waals surface area contributed by atoms with Crippen molar-refractivity contribution < 1.29 is 19.7 Å². The standard InChI is InChI=1S/C8H16O4/c1-6(7(9)10)8(2,11)4-5-12-3/h6,11H,4-5H2,1-3H3,(H,9,10). The molecule has 0 aliphatic heterocycles. The lowest BCUT2D eigenvalue weighted by molar-refractivity contribution is -0.150. The van der Waals surface area contributed by atoms with E-state index in [4.69, 9.17) is 9.84 Å². The van der Waals surface area contributed by atoms with Gasteiger partial charge in [0, 0.05) is 20.1 Å². The summed E-state index contributed by atoms with van der Waals surface area (Å²) in [5.74, 6) is -1.76. The van der Waals surface area contributed by atoms with Gasteiger partial charge in [-0.05, 0) is 13.8 Å². The molecule has 4 heteroatoms. The monoisotopic (exact) mass is 176 g/mol. The minimum absolute atomic E-state index is 0.330. The van der Waals surface area contributed by atoms with E-state index in [1.165, 1.54) is 21.0 Å². The Bertz CT molecular complexity index is 153. The number of carboxylic acid groups (broad SMARTS) is 1. The normalized spacial score (nSPS) is 18.3. The van der Waals surface area contributed by atoms with Crippen LogP contribution < -0.4 is 0 Å². The molecule has 0 fully saturated rings. The van der Waals surface area contributed by atoms with Crippen LogP contribution in [0.4, 0.5) is 0 Å². The van der Waals surface area contributed by atoms with Gasteiger partial charge in [-0.1, -0.05) is 0 Å². The van der Waals surface area contributed by atoms with Crippen LogP contribution in [0.25, 0.3) is 0 Å². The van der Waals surface area contributed by atoms with Crippen molar-refractivity contribution in [1.82, 2.24) is 0 Å². The second kappa shape index (κ2) is 4.42. The molecule has 0 amide bonds. The van der Waals surface area contributed by atoms with E-state index in [0.717, 1.165) is 0 Å². The van der Waals surface area contributed by atoms with Gasteiger partial charge in [-0.2, -0.15) is 0 Å². The van der Waals surface area contributed by atoms with Crippen LogP contribution in [-0.4, -0.2) is 35.5 Å². The zero-order valence-corrected chi connectivity index (χ0v) is 7.70. The van der Waals surface area contributed by atoms with Crippen LogP contribution in [0.5, 0.6) is 0 Å². The Labute approximate surface area is 72.2 Å². The average Bonchev–Trinajstić information content (AvgIpc) is 1.99. The SMILES string of the molecule is COCCC(C)(O)C(C)C(=O)O. The molecule has 0 aromatic heterocycles. The first-order valence-electron chi connectivity index (χ1n) is 3.86. The Morgan fingerprint density at radius 2 is 2.17 bits per heavy atom. The second-order valence-electron chi connectivity index (χ2n) is 3.16. The summed E-state index contributed by atoms with van der Waals surface area (Å²) in [4.78, 5) is 10.5. The van der Waals surface area contributed by atoms with E-state index in [1.807, 2.05) is 0 Å². The summed E-state index contributed by atoms with van der Waals surface area (Å²) in [5.41, 5.74) is -1.19. The predicted molar refractivity (Wildman–Crippen MR) is 43.9 cm³/mol. The van der Waals surface area contributed by atoms with Crippen molar-refractivity contribution in [2.24, 2.45) is 5.92 Å². The van der Waals surface area contributed by atoms with Gasteiger partial charge < -0.3 is 14.9 Å². The third kappa shape index (κ3) is 3.19. The molecule has 4 nitrogen and oxygen atoms in total. The molecule has 0 aliphatic rings. The number of ether oxygens (including phenoxy) is 1. The molecule has 0 aliphatic carbocycles. The Balaban J connectivity index is 4.08. The lowest BCUT2D eigenvalue weighted by Crippen LogP contribution is -2.38. The topological polar surface area (TPSA) is 66.8 Å². The first-order valence-corrected chi connectivity index (χ1v) is 3.86. The van der Waals surface area contributed by atoms with E-state index < -0.39 is 17.5 Å². The molecule has 0 radical (unpaired) electrons. The number of hydrogen-bond acceptors (Lipinski definition) is 3. The minimum Gasteiger partial charge on any atom is -0.481 e. The van der Waals surface area contributed by atoms with Crippen molar-refractivity contribution in [3.63, 3.8) is 0 Å². The molecule has 0 aromatic carbocycles. The maximum absolute atomic E-state index is 10.5. The molecule has 0 saturated carbocycles. The zero-order chi connectivity index (χ0) is 9.78. The second-order valence-corrected chi connectivity index (χ2v) is 3.16. The Morgan fingerprint density at radius 3 is 2.50 bits per heavy atom. The van der Waals surface area contributed by atoms with E-state index in [-0.39, 0.29) is 0 Å². The molecular weight excluding hydrogens is 160 g/mol. The Morgan fingerprint density at radius 1 is 1.67 bits per heavy atom. The molecule has 2 unspecified atom stereocenters. The highest BCUT2D eigenvalue weighted by atomic mass is 16.5. The molecule has 2 N–H and O–H groups in total. The summed E-state index contributed by atoms with van der Waals surface area (Å²) in [6.07, 6.45) is 0.330. The first-order chi connectivity index (χ1) is 5.41. The van der Waals surface area contributed by atoms with Crippen molar-refractivity contribution in [3.05, 3.63) is 0 Å². The number of aliphatic carboxylic acids is 1. The van der Waals surface area contributed by atoms with Gasteiger partial charge in [0.2, 0.25) is 0 Å². The van der Waals surface area contributed by atoms with Crippen molar-refractivity contribution in [3.8, 4) is 0 Å². The van der Waals surface area contributed by atoms with Gasteiger partial charge in [0.15, 0.2) is 0 Å². The summed E-state index contributed by atoms with van der Waals surface area (Å²) in [6, 6.07) is 0. The zero-order valence-electron chi connectivity index (χ0n) is 7.70. The van der Waals surface area contributed by atoms with Gasteiger partial charge in [0.1, 0.15) is 0 Å². The predicted octanol–water partition coefficient (Wildman–Crippen LogP) is 0.495. The summed E-state index contributed by atoms with van der Waals surface area (Å²) in [6.45, 7) is 3.35. The van der Waals surface area contributed by atoms with E-state index in [2.05, 4.69) is 0 Å². The molecular formula is C8H16O4. The Hall–Kier alpha value is -0.610. The molecule has 72 valence electrons. The largest absolute Gasteiger partial charge is 0.481 e. The van der Waals surface area contributed by atoms with Crippen LogP contribution in [0.15, 0.2) is 0 Å². The highest BCUT2D eigenvalue weighted by Crippen LogP contribution is 2.20. The van der Waals surface area contributed by atoms with Gasteiger partial charge >= 0.3 is 5.97 Å². The fraction of sp³-hybridized carbons (Fsp3) is 0.875. The molecule has 0 bridgehead atoms. The fourth-order valence-corrected chi connectivity index (χ4v) is 0.791. The minimum atomic E-state index is -1.19. The molecule has 2 atom stereocenters. The van der Waals surface area contributed by atoms with Crippen LogP contribution in [0.1, 0.15) is 20.3 Å². The third-order valence-electron chi connectivity index (χ3n) is 2.12. The Kier molecular flexibility index (Phi) is 4.20. The van der Waals surface area contributed by atoms with Gasteiger partial charge in [-0.25, -0.2) is 0 Å². The van der Waals surface area contributed by atoms with Crippen LogP contribution >= 0.6 is 0 Å². The highest BCUT2D eigenvalue weighted by Gasteiger charge is 2.32. The number of rotatable bonds is 5. The number of methoxy groups -OCH3 is 1. The average molecular weight is 176 g/mol. The van der Waals surface area contributed by atoms with E-state index in [0.29, 0.717) is 13.0 Å². The highest BCUT2D eigenvalue weighted by molar-refractivity contribution is 5.70. The molecule has 0 aromatic rings. The lowest BCUT2D eigenvalue weighted by Gasteiger charge is -2.26. The van der Waals surface area contributed by atoms with Crippen molar-refractivity contribution >= 4 is 5.97 Å². The van der Waals surface area contributed by atoms with E-state index >= 15 is 0 Å². The van der Waals surface area contributed by atoms with Crippen LogP contribution in [0.2, 0.25) is 0 Å². The molecule has 0 heterocycles. The molecule has 0 saturated heterocycles. The van der Waals surface area contributed by atoms with Crippen molar-refractivity contribution in [2.75, 3.05) is 13.7 Å². The van der Waals surface area contributed by atoms with Gasteiger partial charge in [-0.3, -0.25) is 4.79 Å². The van der Waals surface area contributed by atoms with E-state index in [9.17, 15) is 9.90 Å². The van der Waals surface area contributed by atoms with Crippen LogP contribution in [0, 0.1) is 5.92 Å². The lowest BCUT2D eigenvalue weighted by atomic mass is 9.88. The van der Waals surface area contributed by atoms with Crippen molar-refractivity contribution in [1.29, 1.82) is 0 Å². The molecule has 0 spiro atoms. The smallest absolute Gasteiger partial charge is 0.309 e. The number of hydrogen-bond donors (Lipinski definition) is 2. The number of aliphatic hydroxyl groups is 1. The quantitative estimate of drug-likeness (QED) is 0.640. The van der Waals surface area contributed by atoms with Gasteiger partial charge in [0.25, 0.3) is 0 Å². The van der Waals surface area contributed by atoms with Crippen LogP contribution in [0.3, 0.4) is 0 Å². The van der Waals surface area contributed by atoms with Crippen LogP contribution in [-0.2, 0) is 9.53 Å². The number of carboxylic acids is 1. The fourth-order valence-electron chi connectivity index (χ4n) is 0.791. The summed E-state index contributed by atoms with van der Waals surface area (Å²) < 4.78 is 4.75.